The van der Waals surface area contributed by atoms with Crippen LogP contribution in [0.25, 0.3) is 0 Å². The van der Waals surface area contributed by atoms with E-state index in [0.717, 1.165) is 6.42 Å². The van der Waals surface area contributed by atoms with Gasteiger partial charge in [-0.2, -0.15) is 13.8 Å². The fourth-order valence-electron chi connectivity index (χ4n) is 1.63. The molecule has 108 valence electrons. The Balaban J connectivity index is 1.84. The molecule has 0 spiro atoms. The van der Waals surface area contributed by atoms with Gasteiger partial charge in [-0.05, 0) is 19.3 Å². The molecule has 1 fully saturated rings. The summed E-state index contributed by atoms with van der Waals surface area (Å²) in [5, 5.41) is 3.51. The SMILES string of the molecule is NC1(c2nc(COCC(F)(F)C(F)F)no2)CCC1. The maximum absolute atomic E-state index is 12.5. The van der Waals surface area contributed by atoms with Crippen LogP contribution in [0.1, 0.15) is 31.0 Å². The van der Waals surface area contributed by atoms with Crippen molar-refractivity contribution in [2.75, 3.05) is 6.61 Å². The van der Waals surface area contributed by atoms with Gasteiger partial charge in [0.2, 0.25) is 5.89 Å². The molecule has 5 nitrogen and oxygen atoms in total. The standard InChI is InChI=1S/C10H13F4N3O2/c11-7(12)10(13,14)5-18-4-6-16-8(19-17-6)9(15)2-1-3-9/h7H,1-5,15H2. The van der Waals surface area contributed by atoms with Crippen LogP contribution < -0.4 is 5.73 Å². The van der Waals surface area contributed by atoms with E-state index in [9.17, 15) is 17.6 Å². The number of hydrogen-bond acceptors (Lipinski definition) is 5. The van der Waals surface area contributed by atoms with Crippen LogP contribution in [0.15, 0.2) is 4.52 Å². The van der Waals surface area contributed by atoms with Crippen molar-refractivity contribution in [3.8, 4) is 0 Å². The first-order chi connectivity index (χ1) is 8.83. The predicted octanol–water partition coefficient (Wildman–Crippen LogP) is 1.82. The molecule has 0 aromatic carbocycles. The number of halogens is 4. The van der Waals surface area contributed by atoms with E-state index in [2.05, 4.69) is 14.9 Å². The molecule has 0 unspecified atom stereocenters. The van der Waals surface area contributed by atoms with Gasteiger partial charge in [0.25, 0.3) is 0 Å². The van der Waals surface area contributed by atoms with E-state index in [4.69, 9.17) is 10.3 Å². The zero-order chi connectivity index (χ0) is 14.1. The van der Waals surface area contributed by atoms with Crippen LogP contribution in [0.3, 0.4) is 0 Å². The van der Waals surface area contributed by atoms with Gasteiger partial charge in [-0.25, -0.2) is 8.78 Å². The zero-order valence-electron chi connectivity index (χ0n) is 9.91. The molecule has 0 radical (unpaired) electrons. The molecular formula is C10H13F4N3O2. The molecule has 0 bridgehead atoms. The number of hydrogen-bond donors (Lipinski definition) is 1. The van der Waals surface area contributed by atoms with Crippen molar-refractivity contribution < 1.29 is 26.8 Å². The first kappa shape index (κ1) is 14.2. The van der Waals surface area contributed by atoms with Crippen LogP contribution in [-0.2, 0) is 16.9 Å². The Morgan fingerprint density at radius 2 is 2.11 bits per heavy atom. The number of aromatic nitrogens is 2. The van der Waals surface area contributed by atoms with Crippen LogP contribution in [0.4, 0.5) is 17.6 Å². The van der Waals surface area contributed by atoms with Crippen LogP contribution in [0.5, 0.6) is 0 Å². The lowest BCUT2D eigenvalue weighted by atomic mass is 9.78. The monoisotopic (exact) mass is 283 g/mol. The third-order valence-corrected chi connectivity index (χ3v) is 2.98. The van der Waals surface area contributed by atoms with E-state index in [1.165, 1.54) is 0 Å². The van der Waals surface area contributed by atoms with Crippen LogP contribution in [0.2, 0.25) is 0 Å². The number of rotatable bonds is 6. The molecular weight excluding hydrogens is 270 g/mol. The summed E-state index contributed by atoms with van der Waals surface area (Å²) < 4.78 is 58.2. The van der Waals surface area contributed by atoms with Crippen molar-refractivity contribution in [1.29, 1.82) is 0 Å². The molecule has 19 heavy (non-hydrogen) atoms. The number of nitrogens with two attached hydrogens (primary N) is 1. The van der Waals surface area contributed by atoms with Crippen molar-refractivity contribution >= 4 is 0 Å². The number of nitrogens with zero attached hydrogens (tertiary/aromatic N) is 2. The second-order valence-corrected chi connectivity index (χ2v) is 4.58. The van der Waals surface area contributed by atoms with Crippen molar-refractivity contribution in [3.63, 3.8) is 0 Å². The smallest absolute Gasteiger partial charge is 0.330 e. The van der Waals surface area contributed by atoms with E-state index in [1.807, 2.05) is 0 Å². The quantitative estimate of drug-likeness (QED) is 0.806. The summed E-state index contributed by atoms with van der Waals surface area (Å²) >= 11 is 0. The third-order valence-electron chi connectivity index (χ3n) is 2.98. The summed E-state index contributed by atoms with van der Waals surface area (Å²) in [7, 11) is 0. The fraction of sp³-hybridized carbons (Fsp3) is 0.800. The zero-order valence-corrected chi connectivity index (χ0v) is 9.91. The molecule has 1 aromatic heterocycles. The summed E-state index contributed by atoms with van der Waals surface area (Å²) in [5.74, 6) is -3.95. The van der Waals surface area contributed by atoms with Crippen LogP contribution in [0, 0.1) is 0 Å². The molecule has 1 aliphatic carbocycles. The van der Waals surface area contributed by atoms with Gasteiger partial charge < -0.3 is 15.0 Å². The van der Waals surface area contributed by atoms with Gasteiger partial charge in [-0.1, -0.05) is 5.16 Å². The first-order valence-electron chi connectivity index (χ1n) is 5.69. The molecule has 1 saturated carbocycles. The minimum atomic E-state index is -4.18. The Labute approximate surface area is 106 Å². The van der Waals surface area contributed by atoms with Crippen LogP contribution in [-0.4, -0.2) is 29.1 Å². The highest BCUT2D eigenvalue weighted by Gasteiger charge is 2.42. The number of ether oxygens (including phenoxy) is 1. The van der Waals surface area contributed by atoms with E-state index in [-0.39, 0.29) is 11.7 Å². The predicted molar refractivity (Wildman–Crippen MR) is 54.6 cm³/mol. The summed E-state index contributed by atoms with van der Waals surface area (Å²) in [4.78, 5) is 3.91. The second-order valence-electron chi connectivity index (χ2n) is 4.58. The average Bonchev–Trinajstić information content (AvgIpc) is 2.74. The highest BCUT2D eigenvalue weighted by molar-refractivity contribution is 5.06. The van der Waals surface area contributed by atoms with E-state index >= 15 is 0 Å². The third kappa shape index (κ3) is 3.03. The van der Waals surface area contributed by atoms with Gasteiger partial charge in [0, 0.05) is 0 Å². The minimum Gasteiger partial charge on any atom is -0.367 e. The molecule has 1 heterocycles. The molecule has 0 aliphatic heterocycles. The molecule has 1 aliphatic rings. The average molecular weight is 283 g/mol. The molecule has 1 aromatic rings. The molecule has 2 rings (SSSR count). The topological polar surface area (TPSA) is 74.2 Å². The maximum Gasteiger partial charge on any atom is 0.330 e. The second kappa shape index (κ2) is 5.04. The fourth-order valence-corrected chi connectivity index (χ4v) is 1.63. The van der Waals surface area contributed by atoms with Gasteiger partial charge in [0.1, 0.15) is 13.2 Å². The minimum absolute atomic E-state index is 0.0109. The molecule has 0 amide bonds. The molecule has 0 atom stereocenters. The lowest BCUT2D eigenvalue weighted by Crippen LogP contribution is -2.43. The van der Waals surface area contributed by atoms with E-state index in [1.54, 1.807) is 0 Å². The summed E-state index contributed by atoms with van der Waals surface area (Å²) in [6, 6.07) is 0. The highest BCUT2D eigenvalue weighted by Crippen LogP contribution is 2.37. The highest BCUT2D eigenvalue weighted by atomic mass is 19.3. The summed E-state index contributed by atoms with van der Waals surface area (Å²) in [5.41, 5.74) is 5.26. The van der Waals surface area contributed by atoms with Crippen molar-refractivity contribution in [2.24, 2.45) is 5.73 Å². The van der Waals surface area contributed by atoms with Crippen molar-refractivity contribution in [3.05, 3.63) is 11.7 Å². The van der Waals surface area contributed by atoms with E-state index < -0.39 is 31.1 Å². The normalized spacial score (nSPS) is 18.6. The maximum atomic E-state index is 12.5. The van der Waals surface area contributed by atoms with Gasteiger partial charge >= 0.3 is 12.3 Å². The van der Waals surface area contributed by atoms with E-state index in [0.29, 0.717) is 12.8 Å². The Morgan fingerprint density at radius 1 is 1.42 bits per heavy atom. The Bertz CT molecular complexity index is 434. The lowest BCUT2D eigenvalue weighted by molar-refractivity contribution is -0.168. The van der Waals surface area contributed by atoms with Crippen molar-refractivity contribution in [1.82, 2.24) is 10.1 Å². The molecule has 2 N–H and O–H groups in total. The largest absolute Gasteiger partial charge is 0.367 e. The number of alkyl halides is 4. The van der Waals surface area contributed by atoms with Gasteiger partial charge in [-0.15, -0.1) is 0 Å². The van der Waals surface area contributed by atoms with Crippen molar-refractivity contribution in [2.45, 2.75) is 43.8 Å². The lowest BCUT2D eigenvalue weighted by Gasteiger charge is -2.33. The Kier molecular flexibility index (Phi) is 3.77. The van der Waals surface area contributed by atoms with Gasteiger partial charge in [-0.3, -0.25) is 0 Å². The van der Waals surface area contributed by atoms with Gasteiger partial charge in [0.15, 0.2) is 5.82 Å². The first-order valence-corrected chi connectivity index (χ1v) is 5.69. The molecule has 0 saturated heterocycles. The Morgan fingerprint density at radius 3 is 2.63 bits per heavy atom. The van der Waals surface area contributed by atoms with Gasteiger partial charge in [0.05, 0.1) is 5.54 Å². The molecule has 9 heteroatoms. The Hall–Kier alpha value is -1.22. The van der Waals surface area contributed by atoms with Crippen LogP contribution >= 0.6 is 0 Å². The summed E-state index contributed by atoms with van der Waals surface area (Å²) in [6.07, 6.45) is -1.40. The summed E-state index contributed by atoms with van der Waals surface area (Å²) in [6.45, 7) is -1.83.